The molecule has 1 aromatic carbocycles. The largest absolute Gasteiger partial charge is 0.378 e. The molecule has 1 aliphatic carbocycles. The van der Waals surface area contributed by atoms with E-state index in [-0.39, 0.29) is 5.91 Å². The lowest BCUT2D eigenvalue weighted by Crippen LogP contribution is -2.41. The number of hydrogen-bond acceptors (Lipinski definition) is 4. The maximum Gasteiger partial charge on any atom is 0.256 e. The molecule has 0 saturated carbocycles. The van der Waals surface area contributed by atoms with Gasteiger partial charge < -0.3 is 9.64 Å². The Bertz CT molecular complexity index is 1080. The third-order valence-corrected chi connectivity index (χ3v) is 7.32. The molecule has 3 heterocycles. The van der Waals surface area contributed by atoms with E-state index in [1.807, 2.05) is 23.2 Å². The summed E-state index contributed by atoms with van der Waals surface area (Å²) in [5.41, 5.74) is 6.47. The van der Waals surface area contributed by atoms with Crippen LogP contribution in [0.1, 0.15) is 44.9 Å². The summed E-state index contributed by atoms with van der Waals surface area (Å²) in [4.78, 5) is 23.1. The van der Waals surface area contributed by atoms with Gasteiger partial charge in [0.1, 0.15) is 4.83 Å². The SMILES string of the molecule is Cc1ccc(-c2c(C(=O)N3CCOCC3)c(C)nc3sc4c(c23)CCCC4)cc1. The van der Waals surface area contributed by atoms with E-state index in [0.29, 0.717) is 26.3 Å². The van der Waals surface area contributed by atoms with Crippen molar-refractivity contribution in [1.29, 1.82) is 0 Å². The highest BCUT2D eigenvalue weighted by molar-refractivity contribution is 7.19. The van der Waals surface area contributed by atoms with E-state index >= 15 is 0 Å². The molecule has 3 aromatic rings. The number of carbonyl (C=O) groups excluding carboxylic acids is 1. The monoisotopic (exact) mass is 406 g/mol. The number of benzene rings is 1. The van der Waals surface area contributed by atoms with E-state index in [0.717, 1.165) is 40.1 Å². The van der Waals surface area contributed by atoms with Gasteiger partial charge in [0.15, 0.2) is 0 Å². The Kier molecular flexibility index (Phi) is 4.88. The summed E-state index contributed by atoms with van der Waals surface area (Å²) in [5, 5.41) is 1.22. The number of thiophene rings is 1. The quantitative estimate of drug-likeness (QED) is 0.606. The molecule has 1 aliphatic heterocycles. The summed E-state index contributed by atoms with van der Waals surface area (Å²) >= 11 is 1.83. The van der Waals surface area contributed by atoms with E-state index in [1.165, 1.54) is 34.2 Å². The van der Waals surface area contributed by atoms with Crippen LogP contribution >= 0.6 is 11.3 Å². The number of amides is 1. The lowest BCUT2D eigenvalue weighted by molar-refractivity contribution is 0.0302. The van der Waals surface area contributed by atoms with Crippen LogP contribution in [0.3, 0.4) is 0 Å². The van der Waals surface area contributed by atoms with Crippen molar-refractivity contribution >= 4 is 27.5 Å². The van der Waals surface area contributed by atoms with Gasteiger partial charge in [0.05, 0.1) is 24.5 Å². The maximum atomic E-state index is 13.6. The molecule has 2 aromatic heterocycles. The van der Waals surface area contributed by atoms with Gasteiger partial charge >= 0.3 is 0 Å². The average Bonchev–Trinajstić information content (AvgIpc) is 3.11. The molecular formula is C24H26N2O2S. The van der Waals surface area contributed by atoms with Crippen LogP contribution in [0.15, 0.2) is 24.3 Å². The summed E-state index contributed by atoms with van der Waals surface area (Å²) in [7, 11) is 0. The first-order valence-corrected chi connectivity index (χ1v) is 11.3. The molecule has 5 heteroatoms. The summed E-state index contributed by atoms with van der Waals surface area (Å²) in [5.74, 6) is 0.0894. The van der Waals surface area contributed by atoms with Gasteiger partial charge in [-0.05, 0) is 50.7 Å². The number of nitrogens with zero attached hydrogens (tertiary/aromatic N) is 2. The first kappa shape index (κ1) is 18.8. The van der Waals surface area contributed by atoms with Crippen molar-refractivity contribution in [3.05, 3.63) is 51.5 Å². The second kappa shape index (κ2) is 7.54. The third kappa shape index (κ3) is 3.26. The fraction of sp³-hybridized carbons (Fsp3) is 0.417. The number of fused-ring (bicyclic) bond motifs is 3. The van der Waals surface area contributed by atoms with Crippen molar-refractivity contribution in [3.8, 4) is 11.1 Å². The Morgan fingerprint density at radius 3 is 2.55 bits per heavy atom. The summed E-state index contributed by atoms with van der Waals surface area (Å²) < 4.78 is 5.47. The molecule has 4 nitrogen and oxygen atoms in total. The lowest BCUT2D eigenvalue weighted by Gasteiger charge is -2.28. The molecule has 0 radical (unpaired) electrons. The molecule has 29 heavy (non-hydrogen) atoms. The van der Waals surface area contributed by atoms with Gasteiger partial charge in [-0.1, -0.05) is 29.8 Å². The third-order valence-electron chi connectivity index (χ3n) is 6.14. The number of hydrogen-bond donors (Lipinski definition) is 0. The van der Waals surface area contributed by atoms with Crippen LogP contribution in [-0.4, -0.2) is 42.1 Å². The topological polar surface area (TPSA) is 42.4 Å². The van der Waals surface area contributed by atoms with Crippen LogP contribution in [0, 0.1) is 13.8 Å². The van der Waals surface area contributed by atoms with Crippen molar-refractivity contribution in [2.24, 2.45) is 0 Å². The molecule has 2 aliphatic rings. The highest BCUT2D eigenvalue weighted by Crippen LogP contribution is 2.43. The van der Waals surface area contributed by atoms with E-state index in [4.69, 9.17) is 9.72 Å². The molecule has 0 bridgehead atoms. The minimum Gasteiger partial charge on any atom is -0.378 e. The first-order valence-electron chi connectivity index (χ1n) is 10.5. The van der Waals surface area contributed by atoms with Gasteiger partial charge in [-0.15, -0.1) is 11.3 Å². The number of aromatic nitrogens is 1. The molecule has 0 atom stereocenters. The second-order valence-electron chi connectivity index (χ2n) is 8.11. The minimum absolute atomic E-state index is 0.0894. The number of ether oxygens (including phenoxy) is 1. The zero-order chi connectivity index (χ0) is 20.0. The summed E-state index contributed by atoms with van der Waals surface area (Å²) in [6.45, 7) is 6.59. The van der Waals surface area contributed by atoms with Gasteiger partial charge in [-0.2, -0.15) is 0 Å². The fourth-order valence-electron chi connectivity index (χ4n) is 4.60. The maximum absolute atomic E-state index is 13.6. The van der Waals surface area contributed by atoms with Crippen LogP contribution in [-0.2, 0) is 17.6 Å². The first-order chi connectivity index (χ1) is 14.1. The predicted molar refractivity (Wildman–Crippen MR) is 118 cm³/mol. The predicted octanol–water partition coefficient (Wildman–Crippen LogP) is 4.93. The lowest BCUT2D eigenvalue weighted by atomic mass is 9.89. The standard InChI is InChI=1S/C24H26N2O2S/c1-15-7-9-17(10-8-15)21-20(24(27)26-11-13-28-14-12-26)16(2)25-23-22(21)18-5-3-4-6-19(18)29-23/h7-10H,3-6,11-14H2,1-2H3. The van der Waals surface area contributed by atoms with Crippen molar-refractivity contribution in [2.45, 2.75) is 39.5 Å². The van der Waals surface area contributed by atoms with Crippen LogP contribution in [0.4, 0.5) is 0 Å². The summed E-state index contributed by atoms with van der Waals surface area (Å²) in [6, 6.07) is 8.59. The van der Waals surface area contributed by atoms with E-state index in [1.54, 1.807) is 0 Å². The Morgan fingerprint density at radius 2 is 1.79 bits per heavy atom. The fourth-order valence-corrected chi connectivity index (χ4v) is 5.91. The molecule has 0 spiro atoms. The number of rotatable bonds is 2. The van der Waals surface area contributed by atoms with Gasteiger partial charge in [0.25, 0.3) is 5.91 Å². The van der Waals surface area contributed by atoms with Gasteiger partial charge in [-0.3, -0.25) is 4.79 Å². The van der Waals surface area contributed by atoms with Gasteiger partial charge in [0, 0.05) is 28.9 Å². The van der Waals surface area contributed by atoms with Crippen LogP contribution < -0.4 is 0 Å². The smallest absolute Gasteiger partial charge is 0.256 e. The van der Waals surface area contributed by atoms with E-state index in [9.17, 15) is 4.79 Å². The molecule has 5 rings (SSSR count). The highest BCUT2D eigenvalue weighted by atomic mass is 32.1. The Hall–Kier alpha value is -2.24. The van der Waals surface area contributed by atoms with Crippen LogP contribution in [0.5, 0.6) is 0 Å². The van der Waals surface area contributed by atoms with Crippen molar-refractivity contribution in [1.82, 2.24) is 9.88 Å². The van der Waals surface area contributed by atoms with Crippen LogP contribution in [0.25, 0.3) is 21.3 Å². The number of aryl methyl sites for hydroxylation is 4. The molecular weight excluding hydrogens is 380 g/mol. The van der Waals surface area contributed by atoms with Crippen molar-refractivity contribution < 1.29 is 9.53 Å². The zero-order valence-corrected chi connectivity index (χ0v) is 17.9. The highest BCUT2D eigenvalue weighted by Gasteiger charge is 2.29. The Balaban J connectivity index is 1.78. The molecule has 1 fully saturated rings. The molecule has 1 amide bonds. The number of pyridine rings is 1. The Morgan fingerprint density at radius 1 is 1.07 bits per heavy atom. The second-order valence-corrected chi connectivity index (χ2v) is 9.19. The Labute approximate surface area is 175 Å². The van der Waals surface area contributed by atoms with Gasteiger partial charge in [0.2, 0.25) is 0 Å². The molecule has 0 N–H and O–H groups in total. The average molecular weight is 407 g/mol. The normalized spacial score (nSPS) is 16.8. The molecule has 0 unspecified atom stereocenters. The zero-order valence-electron chi connectivity index (χ0n) is 17.1. The number of carbonyl (C=O) groups is 1. The minimum atomic E-state index is 0.0894. The molecule has 150 valence electrons. The number of morpholine rings is 1. The summed E-state index contributed by atoms with van der Waals surface area (Å²) in [6.07, 6.45) is 4.69. The van der Waals surface area contributed by atoms with Crippen molar-refractivity contribution in [2.75, 3.05) is 26.3 Å². The van der Waals surface area contributed by atoms with Gasteiger partial charge in [-0.25, -0.2) is 4.98 Å². The molecule has 1 saturated heterocycles. The van der Waals surface area contributed by atoms with E-state index in [2.05, 4.69) is 31.2 Å². The van der Waals surface area contributed by atoms with Crippen molar-refractivity contribution in [3.63, 3.8) is 0 Å². The van der Waals surface area contributed by atoms with E-state index < -0.39 is 0 Å². The van der Waals surface area contributed by atoms with Crippen LogP contribution in [0.2, 0.25) is 0 Å².